The molecule has 4 heterocycles. The summed E-state index contributed by atoms with van der Waals surface area (Å²) < 4.78 is 5.05. The van der Waals surface area contributed by atoms with E-state index in [9.17, 15) is 4.79 Å². The molecule has 0 radical (unpaired) electrons. The first kappa shape index (κ1) is 15.8. The Morgan fingerprint density at radius 3 is 3.04 bits per heavy atom. The van der Waals surface area contributed by atoms with Crippen LogP contribution in [0.4, 0.5) is 0 Å². The van der Waals surface area contributed by atoms with Gasteiger partial charge in [0.1, 0.15) is 11.3 Å². The van der Waals surface area contributed by atoms with Crippen LogP contribution in [0.5, 0.6) is 0 Å². The molecular weight excluding hydrogens is 322 g/mol. The van der Waals surface area contributed by atoms with Crippen molar-refractivity contribution in [3.8, 4) is 0 Å². The van der Waals surface area contributed by atoms with Gasteiger partial charge in [-0.05, 0) is 44.2 Å². The molecule has 0 unspecified atom stereocenters. The number of amides is 1. The molecular formula is C18H23N3O2S. The van der Waals surface area contributed by atoms with Crippen molar-refractivity contribution in [3.05, 3.63) is 39.9 Å². The van der Waals surface area contributed by atoms with Crippen LogP contribution in [0.1, 0.15) is 40.3 Å². The minimum atomic E-state index is 0.0704. The molecule has 1 spiro atoms. The highest BCUT2D eigenvalue weighted by molar-refractivity contribution is 7.09. The van der Waals surface area contributed by atoms with Gasteiger partial charge in [0.15, 0.2) is 0 Å². The third-order valence-electron chi connectivity index (χ3n) is 5.41. The van der Waals surface area contributed by atoms with Gasteiger partial charge in [0.25, 0.3) is 5.91 Å². The molecule has 1 atom stereocenters. The standard InChI is InChI=1S/C18H23N3O2S/c1-14-16(10-19-23-14)17(22)21-8-6-18(13-21)5-3-7-20(12-18)11-15-4-2-9-24-15/h2,4,9-10H,3,5-8,11-13H2,1H3/t18-/m1/s1. The molecule has 2 aromatic heterocycles. The van der Waals surface area contributed by atoms with Crippen molar-refractivity contribution in [2.24, 2.45) is 5.41 Å². The van der Waals surface area contributed by atoms with Gasteiger partial charge in [0, 0.05) is 36.5 Å². The largest absolute Gasteiger partial charge is 0.361 e. The molecule has 1 amide bonds. The predicted octanol–water partition coefficient (Wildman–Crippen LogP) is 3.17. The number of aryl methyl sites for hydroxylation is 1. The second kappa shape index (κ2) is 6.33. The summed E-state index contributed by atoms with van der Waals surface area (Å²) in [5, 5.41) is 5.89. The number of carbonyl (C=O) groups is 1. The smallest absolute Gasteiger partial charge is 0.259 e. The monoisotopic (exact) mass is 345 g/mol. The first-order valence-corrected chi connectivity index (χ1v) is 9.49. The fraction of sp³-hybridized carbons (Fsp3) is 0.556. The minimum Gasteiger partial charge on any atom is -0.361 e. The van der Waals surface area contributed by atoms with Gasteiger partial charge < -0.3 is 9.42 Å². The summed E-state index contributed by atoms with van der Waals surface area (Å²) in [7, 11) is 0. The molecule has 2 fully saturated rings. The molecule has 2 saturated heterocycles. The Hall–Kier alpha value is -1.66. The van der Waals surface area contributed by atoms with E-state index in [2.05, 4.69) is 27.6 Å². The van der Waals surface area contributed by atoms with Crippen molar-refractivity contribution >= 4 is 17.2 Å². The lowest BCUT2D eigenvalue weighted by Gasteiger charge is -2.40. The molecule has 4 rings (SSSR count). The summed E-state index contributed by atoms with van der Waals surface area (Å²) in [6.07, 6.45) is 5.09. The van der Waals surface area contributed by atoms with Crippen LogP contribution in [0.2, 0.25) is 0 Å². The molecule has 2 aliphatic rings. The maximum absolute atomic E-state index is 12.7. The van der Waals surface area contributed by atoms with Crippen molar-refractivity contribution in [1.29, 1.82) is 0 Å². The zero-order valence-corrected chi connectivity index (χ0v) is 14.8. The normalized spacial score (nSPS) is 24.8. The van der Waals surface area contributed by atoms with Crippen LogP contribution in [0.3, 0.4) is 0 Å². The SMILES string of the molecule is Cc1oncc1C(=O)N1CC[C@@]2(CCCN(Cc3cccs3)C2)C1. The number of rotatable bonds is 3. The molecule has 2 aromatic rings. The van der Waals surface area contributed by atoms with E-state index >= 15 is 0 Å². The second-order valence-electron chi connectivity index (χ2n) is 7.17. The predicted molar refractivity (Wildman–Crippen MR) is 93.0 cm³/mol. The van der Waals surface area contributed by atoms with Crippen LogP contribution in [0, 0.1) is 12.3 Å². The van der Waals surface area contributed by atoms with Crippen molar-refractivity contribution in [2.45, 2.75) is 32.7 Å². The Morgan fingerprint density at radius 2 is 2.29 bits per heavy atom. The summed E-state index contributed by atoms with van der Waals surface area (Å²) in [6, 6.07) is 4.34. The Balaban J connectivity index is 1.43. The number of aromatic nitrogens is 1. The molecule has 24 heavy (non-hydrogen) atoms. The van der Waals surface area contributed by atoms with E-state index in [-0.39, 0.29) is 11.3 Å². The van der Waals surface area contributed by atoms with E-state index in [1.807, 2.05) is 16.2 Å². The zero-order valence-electron chi connectivity index (χ0n) is 14.0. The maximum atomic E-state index is 12.7. The number of nitrogens with zero attached hydrogens (tertiary/aromatic N) is 3. The summed E-state index contributed by atoms with van der Waals surface area (Å²) in [4.78, 5) is 18.7. The van der Waals surface area contributed by atoms with Crippen LogP contribution in [-0.2, 0) is 6.54 Å². The van der Waals surface area contributed by atoms with Crippen LogP contribution in [-0.4, -0.2) is 47.0 Å². The number of hydrogen-bond donors (Lipinski definition) is 0. The number of hydrogen-bond acceptors (Lipinski definition) is 5. The Morgan fingerprint density at radius 1 is 1.38 bits per heavy atom. The van der Waals surface area contributed by atoms with Gasteiger partial charge in [-0.3, -0.25) is 9.69 Å². The van der Waals surface area contributed by atoms with Crippen LogP contribution in [0.15, 0.2) is 28.2 Å². The molecule has 5 nitrogen and oxygen atoms in total. The van der Waals surface area contributed by atoms with E-state index in [1.54, 1.807) is 13.1 Å². The second-order valence-corrected chi connectivity index (χ2v) is 8.20. The number of carbonyl (C=O) groups excluding carboxylic acids is 1. The van der Waals surface area contributed by atoms with E-state index in [1.165, 1.54) is 24.3 Å². The zero-order chi connectivity index (χ0) is 16.6. The number of likely N-dealkylation sites (tertiary alicyclic amines) is 2. The molecule has 0 N–H and O–H groups in total. The van der Waals surface area contributed by atoms with Crippen LogP contribution in [0.25, 0.3) is 0 Å². The van der Waals surface area contributed by atoms with Gasteiger partial charge in [-0.2, -0.15) is 0 Å². The fourth-order valence-electron chi connectivity index (χ4n) is 4.18. The fourth-order valence-corrected chi connectivity index (χ4v) is 4.93. The van der Waals surface area contributed by atoms with E-state index in [0.29, 0.717) is 11.3 Å². The average Bonchev–Trinajstić information content (AvgIpc) is 3.29. The van der Waals surface area contributed by atoms with E-state index < -0.39 is 0 Å². The summed E-state index contributed by atoms with van der Waals surface area (Å²) >= 11 is 1.83. The van der Waals surface area contributed by atoms with Crippen molar-refractivity contribution in [1.82, 2.24) is 15.0 Å². The highest BCUT2D eigenvalue weighted by Crippen LogP contribution is 2.40. The summed E-state index contributed by atoms with van der Waals surface area (Å²) in [5.74, 6) is 0.685. The molecule has 128 valence electrons. The molecule has 0 saturated carbocycles. The van der Waals surface area contributed by atoms with Gasteiger partial charge in [0.05, 0.1) is 6.20 Å². The number of piperidine rings is 1. The van der Waals surface area contributed by atoms with Gasteiger partial charge >= 0.3 is 0 Å². The van der Waals surface area contributed by atoms with E-state index in [0.717, 1.165) is 32.6 Å². The Kier molecular flexibility index (Phi) is 4.18. The molecule has 6 heteroatoms. The summed E-state index contributed by atoms with van der Waals surface area (Å²) in [6.45, 7) is 6.80. The lowest BCUT2D eigenvalue weighted by atomic mass is 9.79. The quantitative estimate of drug-likeness (QED) is 0.857. The molecule has 0 bridgehead atoms. The third kappa shape index (κ3) is 3.00. The van der Waals surface area contributed by atoms with Gasteiger partial charge in [0.2, 0.25) is 0 Å². The van der Waals surface area contributed by atoms with Crippen molar-refractivity contribution in [2.75, 3.05) is 26.2 Å². The molecule has 0 aromatic carbocycles. The number of thiophene rings is 1. The highest BCUT2D eigenvalue weighted by Gasteiger charge is 2.43. The highest BCUT2D eigenvalue weighted by atomic mass is 32.1. The molecule has 2 aliphatic heterocycles. The Bertz CT molecular complexity index is 712. The van der Waals surface area contributed by atoms with Gasteiger partial charge in [-0.1, -0.05) is 11.2 Å². The molecule has 0 aliphatic carbocycles. The van der Waals surface area contributed by atoms with Crippen molar-refractivity contribution < 1.29 is 9.32 Å². The van der Waals surface area contributed by atoms with Gasteiger partial charge in [-0.15, -0.1) is 11.3 Å². The summed E-state index contributed by atoms with van der Waals surface area (Å²) in [5.41, 5.74) is 0.870. The average molecular weight is 345 g/mol. The van der Waals surface area contributed by atoms with E-state index in [4.69, 9.17) is 4.52 Å². The lowest BCUT2D eigenvalue weighted by molar-refractivity contribution is 0.0676. The Labute approximate surface area is 146 Å². The topological polar surface area (TPSA) is 49.6 Å². The van der Waals surface area contributed by atoms with Crippen LogP contribution < -0.4 is 0 Å². The minimum absolute atomic E-state index is 0.0704. The van der Waals surface area contributed by atoms with Crippen molar-refractivity contribution in [3.63, 3.8) is 0 Å². The first-order valence-electron chi connectivity index (χ1n) is 8.61. The van der Waals surface area contributed by atoms with Crippen LogP contribution >= 0.6 is 11.3 Å². The third-order valence-corrected chi connectivity index (χ3v) is 6.27. The first-order chi connectivity index (χ1) is 11.7. The lowest BCUT2D eigenvalue weighted by Crippen LogP contribution is -2.44. The maximum Gasteiger partial charge on any atom is 0.259 e. The van der Waals surface area contributed by atoms with Gasteiger partial charge in [-0.25, -0.2) is 0 Å².